The van der Waals surface area contributed by atoms with Gasteiger partial charge in [-0.2, -0.15) is 0 Å². The topological polar surface area (TPSA) is 63.2 Å². The van der Waals surface area contributed by atoms with Crippen molar-refractivity contribution in [2.24, 2.45) is 0 Å². The standard InChI is InChI=1S/C30H26O6/c1-32-22-12-8-20(9-13-22)30(21-10-14-23(33-2)15-11-21)17-16-24-25(29(31)35-4)18-19-6-5-7-26(34-3)27(19)28(24)36-30/h5-18H,1-4H3. The molecule has 0 spiro atoms. The van der Waals surface area contributed by atoms with E-state index in [1.807, 2.05) is 84.9 Å². The number of rotatable bonds is 6. The first-order valence-corrected chi connectivity index (χ1v) is 11.4. The number of esters is 1. The fourth-order valence-corrected chi connectivity index (χ4v) is 4.67. The summed E-state index contributed by atoms with van der Waals surface area (Å²) in [5.74, 6) is 2.23. The van der Waals surface area contributed by atoms with Gasteiger partial charge in [0.05, 0.1) is 39.4 Å². The van der Waals surface area contributed by atoms with Crippen LogP contribution in [0.3, 0.4) is 0 Å². The van der Waals surface area contributed by atoms with E-state index in [1.54, 1.807) is 21.3 Å². The summed E-state index contributed by atoms with van der Waals surface area (Å²) < 4.78 is 28.5. The van der Waals surface area contributed by atoms with Crippen LogP contribution in [0.25, 0.3) is 16.8 Å². The Bertz CT molecular complexity index is 1400. The highest BCUT2D eigenvalue weighted by Crippen LogP contribution is 2.48. The first kappa shape index (κ1) is 23.3. The Labute approximate surface area is 209 Å². The van der Waals surface area contributed by atoms with Gasteiger partial charge in [-0.3, -0.25) is 0 Å². The normalized spacial score (nSPS) is 13.4. The maximum atomic E-state index is 12.8. The monoisotopic (exact) mass is 482 g/mol. The molecule has 0 fully saturated rings. The molecular weight excluding hydrogens is 456 g/mol. The van der Waals surface area contributed by atoms with Crippen LogP contribution < -0.4 is 18.9 Å². The molecule has 1 aliphatic heterocycles. The van der Waals surface area contributed by atoms with E-state index in [2.05, 4.69) is 0 Å². The first-order valence-electron chi connectivity index (χ1n) is 11.4. The second-order valence-electron chi connectivity index (χ2n) is 8.34. The molecule has 4 aromatic rings. The van der Waals surface area contributed by atoms with Gasteiger partial charge in [-0.1, -0.05) is 36.4 Å². The van der Waals surface area contributed by atoms with E-state index in [9.17, 15) is 4.79 Å². The molecular formula is C30H26O6. The van der Waals surface area contributed by atoms with Crippen molar-refractivity contribution in [2.45, 2.75) is 5.60 Å². The Balaban J connectivity index is 1.81. The van der Waals surface area contributed by atoms with Crippen molar-refractivity contribution in [1.82, 2.24) is 0 Å². The highest BCUT2D eigenvalue weighted by molar-refractivity contribution is 6.06. The molecule has 0 atom stereocenters. The zero-order valence-corrected chi connectivity index (χ0v) is 20.5. The van der Waals surface area contributed by atoms with Crippen LogP contribution in [0.15, 0.2) is 78.9 Å². The van der Waals surface area contributed by atoms with Crippen LogP contribution in [0, 0.1) is 0 Å². The van der Waals surface area contributed by atoms with Crippen molar-refractivity contribution in [2.75, 3.05) is 28.4 Å². The summed E-state index contributed by atoms with van der Waals surface area (Å²) >= 11 is 0. The van der Waals surface area contributed by atoms with Gasteiger partial charge in [0.1, 0.15) is 23.0 Å². The number of benzene rings is 4. The number of hydrogen-bond donors (Lipinski definition) is 0. The van der Waals surface area contributed by atoms with Gasteiger partial charge in [0.25, 0.3) is 0 Å². The van der Waals surface area contributed by atoms with Gasteiger partial charge in [0.2, 0.25) is 0 Å². The summed E-state index contributed by atoms with van der Waals surface area (Å²) in [5, 5.41) is 1.58. The average Bonchev–Trinajstić information content (AvgIpc) is 2.95. The van der Waals surface area contributed by atoms with E-state index >= 15 is 0 Å². The molecule has 1 heterocycles. The molecule has 0 saturated carbocycles. The van der Waals surface area contributed by atoms with Crippen LogP contribution in [0.4, 0.5) is 0 Å². The van der Waals surface area contributed by atoms with Crippen molar-refractivity contribution < 1.29 is 28.5 Å². The van der Waals surface area contributed by atoms with Crippen molar-refractivity contribution in [3.05, 3.63) is 101 Å². The van der Waals surface area contributed by atoms with Crippen LogP contribution in [0.5, 0.6) is 23.0 Å². The van der Waals surface area contributed by atoms with Gasteiger partial charge in [-0.15, -0.1) is 0 Å². The van der Waals surface area contributed by atoms with Crippen LogP contribution in [-0.4, -0.2) is 34.4 Å². The van der Waals surface area contributed by atoms with E-state index in [0.717, 1.165) is 33.4 Å². The maximum Gasteiger partial charge on any atom is 0.338 e. The minimum atomic E-state index is -0.992. The summed E-state index contributed by atoms with van der Waals surface area (Å²) in [4.78, 5) is 12.8. The molecule has 0 aliphatic carbocycles. The predicted molar refractivity (Wildman–Crippen MR) is 138 cm³/mol. The molecule has 0 aromatic heterocycles. The number of carbonyl (C=O) groups excluding carboxylic acids is 1. The van der Waals surface area contributed by atoms with Gasteiger partial charge >= 0.3 is 5.97 Å². The summed E-state index contributed by atoms with van der Waals surface area (Å²) in [6.45, 7) is 0. The van der Waals surface area contributed by atoms with Gasteiger partial charge in [-0.05, 0) is 53.9 Å². The fraction of sp³-hybridized carbons (Fsp3) is 0.167. The number of methoxy groups -OCH3 is 4. The Morgan fingerprint density at radius 1 is 0.778 bits per heavy atom. The van der Waals surface area contributed by atoms with Crippen molar-refractivity contribution in [3.63, 3.8) is 0 Å². The molecule has 1 aliphatic rings. The molecule has 182 valence electrons. The van der Waals surface area contributed by atoms with Gasteiger partial charge in [-0.25, -0.2) is 4.79 Å². The third-order valence-corrected chi connectivity index (χ3v) is 6.53. The van der Waals surface area contributed by atoms with E-state index < -0.39 is 11.6 Å². The quantitative estimate of drug-likeness (QED) is 0.314. The molecule has 4 aromatic carbocycles. The van der Waals surface area contributed by atoms with E-state index in [0.29, 0.717) is 22.6 Å². The molecule has 6 heteroatoms. The predicted octanol–water partition coefficient (Wildman–Crippen LogP) is 6.00. The van der Waals surface area contributed by atoms with Gasteiger partial charge < -0.3 is 23.7 Å². The minimum absolute atomic E-state index is 0.419. The lowest BCUT2D eigenvalue weighted by Crippen LogP contribution is -2.34. The molecule has 0 amide bonds. The van der Waals surface area contributed by atoms with Crippen molar-refractivity contribution in [3.8, 4) is 23.0 Å². The lowest BCUT2D eigenvalue weighted by Gasteiger charge is -2.37. The number of ether oxygens (including phenoxy) is 5. The number of hydrogen-bond acceptors (Lipinski definition) is 6. The average molecular weight is 483 g/mol. The third-order valence-electron chi connectivity index (χ3n) is 6.53. The van der Waals surface area contributed by atoms with Gasteiger partial charge in [0, 0.05) is 16.7 Å². The SMILES string of the molecule is COC(=O)c1cc2cccc(OC)c2c2c1C=CC(c1ccc(OC)cc1)(c1ccc(OC)cc1)O2. The van der Waals surface area contributed by atoms with Crippen molar-refractivity contribution in [1.29, 1.82) is 0 Å². The second kappa shape index (κ2) is 9.30. The fourth-order valence-electron chi connectivity index (χ4n) is 4.67. The van der Waals surface area contributed by atoms with E-state index in [-0.39, 0.29) is 0 Å². The summed E-state index contributed by atoms with van der Waals surface area (Å²) in [5.41, 5.74) is 1.84. The molecule has 36 heavy (non-hydrogen) atoms. The lowest BCUT2D eigenvalue weighted by atomic mass is 9.82. The third kappa shape index (κ3) is 3.71. The van der Waals surface area contributed by atoms with E-state index in [1.165, 1.54) is 7.11 Å². The minimum Gasteiger partial charge on any atom is -0.497 e. The highest BCUT2D eigenvalue weighted by atomic mass is 16.5. The Morgan fingerprint density at radius 3 is 1.92 bits per heavy atom. The Kier molecular flexibility index (Phi) is 6.02. The molecule has 0 radical (unpaired) electrons. The number of fused-ring (bicyclic) bond motifs is 3. The second-order valence-corrected chi connectivity index (χ2v) is 8.34. The zero-order chi connectivity index (χ0) is 25.3. The smallest absolute Gasteiger partial charge is 0.338 e. The zero-order valence-electron chi connectivity index (χ0n) is 20.5. The molecule has 0 unspecified atom stereocenters. The first-order chi connectivity index (χ1) is 17.5. The highest BCUT2D eigenvalue weighted by Gasteiger charge is 2.39. The summed E-state index contributed by atoms with van der Waals surface area (Å²) in [6.07, 6.45) is 3.89. The molecule has 5 rings (SSSR count). The largest absolute Gasteiger partial charge is 0.497 e. The van der Waals surface area contributed by atoms with Crippen LogP contribution in [0.1, 0.15) is 27.0 Å². The Hall–Kier alpha value is -4.45. The Morgan fingerprint density at radius 2 is 1.39 bits per heavy atom. The molecule has 6 nitrogen and oxygen atoms in total. The lowest BCUT2D eigenvalue weighted by molar-refractivity contribution is 0.0599. The molecule has 0 bridgehead atoms. The van der Waals surface area contributed by atoms with Crippen LogP contribution in [0.2, 0.25) is 0 Å². The summed E-state index contributed by atoms with van der Waals surface area (Å²) in [7, 11) is 6.26. The van der Waals surface area contributed by atoms with Crippen LogP contribution in [-0.2, 0) is 10.3 Å². The maximum absolute atomic E-state index is 12.8. The van der Waals surface area contributed by atoms with Crippen molar-refractivity contribution >= 4 is 22.8 Å². The van der Waals surface area contributed by atoms with E-state index in [4.69, 9.17) is 23.7 Å². The van der Waals surface area contributed by atoms with Crippen LogP contribution >= 0.6 is 0 Å². The summed E-state index contributed by atoms with van der Waals surface area (Å²) in [6, 6.07) is 23.0. The number of carbonyl (C=O) groups is 1. The van der Waals surface area contributed by atoms with Gasteiger partial charge in [0.15, 0.2) is 5.60 Å². The molecule has 0 saturated heterocycles. The molecule has 0 N–H and O–H groups in total.